The van der Waals surface area contributed by atoms with Gasteiger partial charge in [0, 0.05) is 23.0 Å². The molecule has 1 atom stereocenters. The largest absolute Gasteiger partial charge is 0.430 e. The summed E-state index contributed by atoms with van der Waals surface area (Å²) in [7, 11) is 0. The summed E-state index contributed by atoms with van der Waals surface area (Å²) in [4.78, 5) is 0. The minimum absolute atomic E-state index is 0.0221. The predicted octanol–water partition coefficient (Wildman–Crippen LogP) is 4.55. The first-order chi connectivity index (χ1) is 12.9. The summed E-state index contributed by atoms with van der Waals surface area (Å²) in [6, 6.07) is 9.14. The lowest BCUT2D eigenvalue weighted by Gasteiger charge is -2.33. The Morgan fingerprint density at radius 1 is 0.964 bits per heavy atom. The van der Waals surface area contributed by atoms with E-state index in [1.165, 1.54) is 12.1 Å². The van der Waals surface area contributed by atoms with Crippen LogP contribution in [0, 0.1) is 0 Å². The van der Waals surface area contributed by atoms with Crippen LogP contribution in [0.2, 0.25) is 0 Å². The molecule has 0 saturated carbocycles. The van der Waals surface area contributed by atoms with E-state index in [2.05, 4.69) is 5.32 Å². The van der Waals surface area contributed by atoms with Crippen LogP contribution >= 0.6 is 0 Å². The number of hydrogen-bond donors (Lipinski definition) is 3. The molecule has 4 N–H and O–H groups in total. The van der Waals surface area contributed by atoms with Gasteiger partial charge in [0.1, 0.15) is 0 Å². The van der Waals surface area contributed by atoms with Gasteiger partial charge in [0.05, 0.1) is 0 Å². The summed E-state index contributed by atoms with van der Waals surface area (Å²) in [5, 5.41) is 12.7. The Labute approximate surface area is 157 Å². The first-order valence-electron chi connectivity index (χ1n) is 8.52. The van der Waals surface area contributed by atoms with E-state index >= 15 is 0 Å². The van der Waals surface area contributed by atoms with E-state index in [-0.39, 0.29) is 6.04 Å². The van der Waals surface area contributed by atoms with Gasteiger partial charge in [0.25, 0.3) is 5.60 Å². The fraction of sp³-hybridized carbons (Fsp3) is 0.368. The average molecular weight is 404 g/mol. The molecular weight excluding hydrogens is 386 g/mol. The number of nitrogen functional groups attached to an aromatic ring is 1. The molecule has 0 saturated heterocycles. The average Bonchev–Trinajstić information content (AvgIpc) is 2.60. The Bertz CT molecular complexity index is 831. The van der Waals surface area contributed by atoms with Gasteiger partial charge in [-0.15, -0.1) is 0 Å². The molecule has 0 aliphatic carbocycles. The van der Waals surface area contributed by atoms with E-state index in [1.807, 2.05) is 12.1 Å². The molecule has 0 aromatic heterocycles. The summed E-state index contributed by atoms with van der Waals surface area (Å²) in [6.07, 6.45) is -9.85. The van der Waals surface area contributed by atoms with Crippen molar-refractivity contribution >= 4 is 11.4 Å². The third kappa shape index (κ3) is 3.63. The van der Waals surface area contributed by atoms with Gasteiger partial charge < -0.3 is 16.2 Å². The number of rotatable bonds is 3. The Kier molecular flexibility index (Phi) is 4.99. The van der Waals surface area contributed by atoms with Crippen molar-refractivity contribution in [3.8, 4) is 0 Å². The number of nitrogens with two attached hydrogens (primary N) is 1. The zero-order valence-electron chi connectivity index (χ0n) is 14.5. The molecule has 1 unspecified atom stereocenters. The zero-order chi connectivity index (χ0) is 20.7. The highest BCUT2D eigenvalue weighted by atomic mass is 19.4. The van der Waals surface area contributed by atoms with Crippen molar-refractivity contribution in [2.45, 2.75) is 43.3 Å². The van der Waals surface area contributed by atoms with Crippen molar-refractivity contribution in [2.75, 3.05) is 11.1 Å². The topological polar surface area (TPSA) is 58.3 Å². The van der Waals surface area contributed by atoms with E-state index in [9.17, 15) is 31.4 Å². The number of nitrogens with one attached hydrogen (secondary N) is 1. The van der Waals surface area contributed by atoms with Crippen LogP contribution < -0.4 is 11.1 Å². The molecule has 0 radical (unpaired) electrons. The molecule has 2 aromatic carbocycles. The van der Waals surface area contributed by atoms with E-state index in [0.29, 0.717) is 29.8 Å². The predicted molar refractivity (Wildman–Crippen MR) is 92.7 cm³/mol. The molecule has 1 aliphatic rings. The second-order valence-electron chi connectivity index (χ2n) is 6.90. The van der Waals surface area contributed by atoms with Crippen molar-refractivity contribution in [3.05, 3.63) is 59.2 Å². The maximum Gasteiger partial charge on any atom is 0.430 e. The lowest BCUT2D eigenvalue weighted by atomic mass is 9.89. The lowest BCUT2D eigenvalue weighted by molar-refractivity contribution is -0.376. The summed E-state index contributed by atoms with van der Waals surface area (Å²) >= 11 is 0. The number of halogens is 6. The van der Waals surface area contributed by atoms with Crippen molar-refractivity contribution in [1.82, 2.24) is 0 Å². The molecule has 1 heterocycles. The van der Waals surface area contributed by atoms with Crippen LogP contribution in [0.25, 0.3) is 0 Å². The molecule has 0 spiro atoms. The molecule has 0 amide bonds. The van der Waals surface area contributed by atoms with E-state index in [4.69, 9.17) is 5.73 Å². The number of aryl methyl sites for hydroxylation is 1. The lowest BCUT2D eigenvalue weighted by Crippen LogP contribution is -2.53. The third-order valence-corrected chi connectivity index (χ3v) is 4.93. The molecule has 3 rings (SSSR count). The van der Waals surface area contributed by atoms with Gasteiger partial charge in [-0.05, 0) is 48.6 Å². The maximum atomic E-state index is 12.9. The summed E-state index contributed by atoms with van der Waals surface area (Å²) < 4.78 is 77.6. The Morgan fingerprint density at radius 3 is 2.14 bits per heavy atom. The van der Waals surface area contributed by atoms with E-state index < -0.39 is 23.5 Å². The molecular formula is C19H18F6N2O. The summed E-state index contributed by atoms with van der Waals surface area (Å²) in [6.45, 7) is 0. The molecule has 152 valence electrons. The van der Waals surface area contributed by atoms with Gasteiger partial charge in [-0.3, -0.25) is 0 Å². The molecule has 9 heteroatoms. The van der Waals surface area contributed by atoms with Crippen LogP contribution in [0.3, 0.4) is 0 Å². The maximum absolute atomic E-state index is 12.9. The van der Waals surface area contributed by atoms with Crippen molar-refractivity contribution in [1.29, 1.82) is 0 Å². The monoisotopic (exact) mass is 404 g/mol. The minimum Gasteiger partial charge on any atom is -0.399 e. The SMILES string of the molecule is Nc1ccc2c(c1)CCC(Cc1ccc(C(O)(C(F)(F)F)C(F)(F)F)cc1)N2. The van der Waals surface area contributed by atoms with Gasteiger partial charge in [0.2, 0.25) is 0 Å². The molecule has 0 fully saturated rings. The summed E-state index contributed by atoms with van der Waals surface area (Å²) in [5.74, 6) is 0. The third-order valence-electron chi connectivity index (χ3n) is 4.93. The smallest absolute Gasteiger partial charge is 0.399 e. The highest BCUT2D eigenvalue weighted by Crippen LogP contribution is 2.50. The number of benzene rings is 2. The van der Waals surface area contributed by atoms with Crippen LogP contribution in [-0.4, -0.2) is 23.5 Å². The number of anilines is 2. The fourth-order valence-electron chi connectivity index (χ4n) is 3.39. The van der Waals surface area contributed by atoms with Gasteiger partial charge in [-0.25, -0.2) is 0 Å². The van der Waals surface area contributed by atoms with Crippen LogP contribution in [0.1, 0.15) is 23.1 Å². The second kappa shape index (κ2) is 6.88. The number of fused-ring (bicyclic) bond motifs is 1. The van der Waals surface area contributed by atoms with Crippen LogP contribution in [0.5, 0.6) is 0 Å². The van der Waals surface area contributed by atoms with Crippen molar-refractivity contribution < 1.29 is 31.4 Å². The normalized spacial score (nSPS) is 17.8. The second-order valence-corrected chi connectivity index (χ2v) is 6.90. The molecule has 0 bridgehead atoms. The van der Waals surface area contributed by atoms with Gasteiger partial charge in [-0.2, -0.15) is 26.3 Å². The Balaban J connectivity index is 1.77. The first-order valence-corrected chi connectivity index (χ1v) is 8.52. The molecule has 3 nitrogen and oxygen atoms in total. The van der Waals surface area contributed by atoms with Crippen LogP contribution in [0.4, 0.5) is 37.7 Å². The van der Waals surface area contributed by atoms with E-state index in [0.717, 1.165) is 24.1 Å². The molecule has 2 aromatic rings. The zero-order valence-corrected chi connectivity index (χ0v) is 14.5. The van der Waals surface area contributed by atoms with E-state index in [1.54, 1.807) is 6.07 Å². The van der Waals surface area contributed by atoms with Crippen LogP contribution in [0.15, 0.2) is 42.5 Å². The van der Waals surface area contributed by atoms with Gasteiger partial charge in [0.15, 0.2) is 0 Å². The minimum atomic E-state index is -5.89. The standard InChI is InChI=1S/C19H18F6N2O/c20-18(21,22)17(28,19(23,24)25)13-4-1-11(2-5-13)9-15-7-3-12-10-14(26)6-8-16(12)27-15/h1-2,4-6,8,10,15,27-28H,3,7,9,26H2. The first kappa shape index (κ1) is 20.3. The van der Waals surface area contributed by atoms with Crippen LogP contribution in [-0.2, 0) is 18.4 Å². The quantitative estimate of drug-likeness (QED) is 0.520. The number of aliphatic hydroxyl groups is 1. The number of alkyl halides is 6. The Hall–Kier alpha value is -2.42. The Morgan fingerprint density at radius 2 is 1.57 bits per heavy atom. The van der Waals surface area contributed by atoms with Gasteiger partial charge >= 0.3 is 12.4 Å². The fourth-order valence-corrected chi connectivity index (χ4v) is 3.39. The van der Waals surface area contributed by atoms with Gasteiger partial charge in [-0.1, -0.05) is 24.3 Å². The summed E-state index contributed by atoms with van der Waals surface area (Å²) in [5.41, 5.74) is 2.77. The molecule has 28 heavy (non-hydrogen) atoms. The molecule has 1 aliphatic heterocycles. The number of hydrogen-bond acceptors (Lipinski definition) is 3. The highest BCUT2D eigenvalue weighted by Gasteiger charge is 2.71. The van der Waals surface area contributed by atoms with Crippen molar-refractivity contribution in [3.63, 3.8) is 0 Å². The highest BCUT2D eigenvalue weighted by molar-refractivity contribution is 5.60. The van der Waals surface area contributed by atoms with Crippen molar-refractivity contribution in [2.24, 2.45) is 0 Å².